The number of ether oxygens (including phenoxy) is 4. The Balaban J connectivity index is 1.64. The molecule has 0 spiro atoms. The van der Waals surface area contributed by atoms with E-state index < -0.39 is 54.2 Å². The molecule has 9 nitrogen and oxygen atoms in total. The minimum atomic E-state index is -1.24. The van der Waals surface area contributed by atoms with Gasteiger partial charge < -0.3 is 18.9 Å². The second-order valence-corrected chi connectivity index (χ2v) is 10.4. The standard InChI is InChI=1S/C32H30O9/c1-16-9-11-20(12-10-16)21-13-14-24(27-26(21)28(36)22-7-5-6-8-23(22)29(27)37)30-32(41-19(4)35)31(40-18(3)34)25(15-38-30)39-17(2)33/h5-14,21,24-25,30-32H,15H2,1-4H3/t21?,24?,25-,30+,31+,32+/m1/s1. The Bertz CT molecular complexity index is 1480. The van der Waals surface area contributed by atoms with Gasteiger partial charge >= 0.3 is 17.9 Å². The molecule has 0 bridgehead atoms. The van der Waals surface area contributed by atoms with Gasteiger partial charge in [-0.25, -0.2) is 0 Å². The molecule has 2 aromatic carbocycles. The number of allylic oxidation sites excluding steroid dienone is 2. The summed E-state index contributed by atoms with van der Waals surface area (Å²) in [6, 6.07) is 14.4. The Hall–Kier alpha value is -4.37. The third-order valence-corrected chi connectivity index (χ3v) is 7.53. The van der Waals surface area contributed by atoms with E-state index in [0.717, 1.165) is 11.1 Å². The predicted octanol–water partition coefficient (Wildman–Crippen LogP) is 3.83. The largest absolute Gasteiger partial charge is 0.456 e. The molecule has 0 N–H and O–H groups in total. The van der Waals surface area contributed by atoms with Gasteiger partial charge in [0.25, 0.3) is 0 Å². The van der Waals surface area contributed by atoms with E-state index in [1.54, 1.807) is 30.3 Å². The predicted molar refractivity (Wildman–Crippen MR) is 145 cm³/mol. The van der Waals surface area contributed by atoms with Gasteiger partial charge in [-0.15, -0.1) is 0 Å². The Morgan fingerprint density at radius 1 is 0.732 bits per heavy atom. The van der Waals surface area contributed by atoms with Crippen LogP contribution in [0.15, 0.2) is 71.8 Å². The number of Topliss-reactive ketones (excluding diaryl/α,β-unsaturated/α-hetero) is 2. The minimum absolute atomic E-state index is 0.187. The molecule has 0 saturated carbocycles. The first kappa shape index (κ1) is 28.2. The number of esters is 3. The Morgan fingerprint density at radius 3 is 1.88 bits per heavy atom. The highest BCUT2D eigenvalue weighted by atomic mass is 16.6. The average molecular weight is 559 g/mol. The quantitative estimate of drug-likeness (QED) is 0.306. The van der Waals surface area contributed by atoms with Gasteiger partial charge in [0.15, 0.2) is 29.9 Å². The fourth-order valence-electron chi connectivity index (χ4n) is 5.88. The molecular weight excluding hydrogens is 528 g/mol. The molecule has 1 heterocycles. The molecule has 6 atom stereocenters. The lowest BCUT2D eigenvalue weighted by Crippen LogP contribution is -2.59. The van der Waals surface area contributed by atoms with Crippen LogP contribution in [-0.4, -0.2) is 60.5 Å². The molecule has 2 aliphatic carbocycles. The summed E-state index contributed by atoms with van der Waals surface area (Å²) in [5, 5.41) is 0. The van der Waals surface area contributed by atoms with Gasteiger partial charge in [-0.1, -0.05) is 66.2 Å². The van der Waals surface area contributed by atoms with E-state index in [0.29, 0.717) is 11.1 Å². The molecule has 9 heteroatoms. The number of fused-ring (bicyclic) bond motifs is 1. The molecule has 212 valence electrons. The van der Waals surface area contributed by atoms with Crippen molar-refractivity contribution in [2.45, 2.75) is 58.0 Å². The maximum Gasteiger partial charge on any atom is 0.303 e. The van der Waals surface area contributed by atoms with Crippen molar-refractivity contribution >= 4 is 29.5 Å². The van der Waals surface area contributed by atoms with Gasteiger partial charge in [-0.05, 0) is 12.5 Å². The molecule has 41 heavy (non-hydrogen) atoms. The SMILES string of the molecule is CC(=O)O[C@@H]1[C@@H](OC(C)=O)[C@H](C2C=CC(c3ccc(C)cc3)C3=C2C(=O)c2ccccc2C3=O)OC[C@H]1OC(C)=O. The van der Waals surface area contributed by atoms with Crippen molar-refractivity contribution in [3.8, 4) is 0 Å². The maximum atomic E-state index is 14.1. The number of benzene rings is 2. The van der Waals surface area contributed by atoms with Crippen molar-refractivity contribution in [1.82, 2.24) is 0 Å². The van der Waals surface area contributed by atoms with Gasteiger partial charge in [0.1, 0.15) is 6.10 Å². The molecule has 1 aliphatic heterocycles. The highest BCUT2D eigenvalue weighted by Crippen LogP contribution is 2.45. The zero-order valence-corrected chi connectivity index (χ0v) is 23.1. The number of hydrogen-bond acceptors (Lipinski definition) is 9. The van der Waals surface area contributed by atoms with E-state index >= 15 is 0 Å². The number of aryl methyl sites for hydroxylation is 1. The van der Waals surface area contributed by atoms with E-state index in [1.807, 2.05) is 37.3 Å². The Kier molecular flexibility index (Phi) is 7.73. The van der Waals surface area contributed by atoms with Gasteiger partial charge in [0.05, 0.1) is 6.61 Å². The Morgan fingerprint density at radius 2 is 1.29 bits per heavy atom. The second-order valence-electron chi connectivity index (χ2n) is 10.4. The van der Waals surface area contributed by atoms with Crippen LogP contribution in [0.25, 0.3) is 0 Å². The van der Waals surface area contributed by atoms with Crippen LogP contribution >= 0.6 is 0 Å². The summed E-state index contributed by atoms with van der Waals surface area (Å²) in [6.45, 7) is 5.36. The van der Waals surface area contributed by atoms with Gasteiger partial charge in [0, 0.05) is 54.9 Å². The molecule has 2 aromatic rings. The minimum Gasteiger partial charge on any atom is -0.456 e. The van der Waals surface area contributed by atoms with Gasteiger partial charge in [-0.3, -0.25) is 24.0 Å². The monoisotopic (exact) mass is 558 g/mol. The molecule has 1 saturated heterocycles. The van der Waals surface area contributed by atoms with Crippen LogP contribution in [0.5, 0.6) is 0 Å². The maximum absolute atomic E-state index is 14.1. The van der Waals surface area contributed by atoms with E-state index in [2.05, 4.69) is 0 Å². The highest BCUT2D eigenvalue weighted by molar-refractivity contribution is 6.28. The van der Waals surface area contributed by atoms with Crippen molar-refractivity contribution in [1.29, 1.82) is 0 Å². The molecule has 1 fully saturated rings. The molecule has 2 unspecified atom stereocenters. The second kappa shape index (κ2) is 11.2. The van der Waals surface area contributed by atoms with Gasteiger partial charge in [-0.2, -0.15) is 0 Å². The summed E-state index contributed by atoms with van der Waals surface area (Å²) in [7, 11) is 0. The number of carbonyl (C=O) groups excluding carboxylic acids is 5. The molecule has 0 amide bonds. The van der Waals surface area contributed by atoms with Crippen LogP contribution in [0.2, 0.25) is 0 Å². The van der Waals surface area contributed by atoms with E-state index in [9.17, 15) is 24.0 Å². The van der Waals surface area contributed by atoms with Crippen molar-refractivity contribution in [2.75, 3.05) is 6.61 Å². The number of ketones is 2. The zero-order chi connectivity index (χ0) is 29.4. The first-order valence-corrected chi connectivity index (χ1v) is 13.4. The third kappa shape index (κ3) is 5.37. The summed E-state index contributed by atoms with van der Waals surface area (Å²) in [4.78, 5) is 64.3. The van der Waals surface area contributed by atoms with Crippen LogP contribution in [-0.2, 0) is 33.3 Å². The van der Waals surface area contributed by atoms with E-state index in [4.69, 9.17) is 18.9 Å². The lowest BCUT2D eigenvalue weighted by Gasteiger charge is -2.44. The summed E-state index contributed by atoms with van der Waals surface area (Å²) in [6.07, 6.45) is -0.900. The van der Waals surface area contributed by atoms with Crippen LogP contribution in [0.1, 0.15) is 58.5 Å². The summed E-state index contributed by atoms with van der Waals surface area (Å²) in [5.41, 5.74) is 3.03. The normalized spacial score (nSPS) is 27.0. The lowest BCUT2D eigenvalue weighted by molar-refractivity contribution is -0.229. The molecule has 0 radical (unpaired) electrons. The molecule has 0 aromatic heterocycles. The van der Waals surface area contributed by atoms with Crippen molar-refractivity contribution in [3.05, 3.63) is 94.1 Å². The molecule has 5 rings (SSSR count). The first-order valence-electron chi connectivity index (χ1n) is 13.4. The fourth-order valence-corrected chi connectivity index (χ4v) is 5.88. The average Bonchev–Trinajstić information content (AvgIpc) is 2.92. The first-order chi connectivity index (χ1) is 19.6. The highest BCUT2D eigenvalue weighted by Gasteiger charge is 2.52. The van der Waals surface area contributed by atoms with Crippen molar-refractivity contribution < 1.29 is 42.9 Å². The zero-order valence-electron chi connectivity index (χ0n) is 23.1. The lowest BCUT2D eigenvalue weighted by atomic mass is 9.67. The number of carbonyl (C=O) groups is 5. The summed E-state index contributed by atoms with van der Waals surface area (Å²) >= 11 is 0. The fraction of sp³-hybridized carbons (Fsp3) is 0.344. The third-order valence-electron chi connectivity index (χ3n) is 7.53. The summed E-state index contributed by atoms with van der Waals surface area (Å²) < 4.78 is 22.6. The number of hydrogen-bond donors (Lipinski definition) is 0. The van der Waals surface area contributed by atoms with Crippen molar-refractivity contribution in [2.24, 2.45) is 5.92 Å². The van der Waals surface area contributed by atoms with E-state index in [-0.39, 0.29) is 29.3 Å². The molecule has 3 aliphatic rings. The number of rotatable bonds is 5. The van der Waals surface area contributed by atoms with Gasteiger partial charge in [0.2, 0.25) is 0 Å². The van der Waals surface area contributed by atoms with Crippen LogP contribution < -0.4 is 0 Å². The van der Waals surface area contributed by atoms with Crippen molar-refractivity contribution in [3.63, 3.8) is 0 Å². The van der Waals surface area contributed by atoms with Crippen LogP contribution in [0.3, 0.4) is 0 Å². The molecular formula is C32H30O9. The summed E-state index contributed by atoms with van der Waals surface area (Å²) in [5.74, 6) is -3.95. The van der Waals surface area contributed by atoms with Crippen LogP contribution in [0.4, 0.5) is 0 Å². The Labute approximate surface area is 237 Å². The smallest absolute Gasteiger partial charge is 0.303 e. The van der Waals surface area contributed by atoms with Crippen LogP contribution in [0, 0.1) is 12.8 Å². The topological polar surface area (TPSA) is 122 Å². The van der Waals surface area contributed by atoms with E-state index in [1.165, 1.54) is 20.8 Å².